The number of carboxylic acid groups (broad SMARTS) is 1. The SMILES string of the molecule is O=C(O)Cc1ccccc1C=CCS. The fourth-order valence-electron chi connectivity index (χ4n) is 1.20. The van der Waals surface area contributed by atoms with Gasteiger partial charge in [0, 0.05) is 5.75 Å². The normalized spacial score (nSPS) is 10.6. The molecule has 1 aromatic rings. The summed E-state index contributed by atoms with van der Waals surface area (Å²) in [7, 11) is 0. The number of aliphatic carboxylic acids is 1. The van der Waals surface area contributed by atoms with Crippen molar-refractivity contribution in [3.8, 4) is 0 Å². The standard InChI is InChI=1S/C11H12O2S/c12-11(13)8-10-5-2-1-4-9(10)6-3-7-14/h1-6,14H,7-8H2,(H,12,13). The van der Waals surface area contributed by atoms with Gasteiger partial charge in [-0.25, -0.2) is 0 Å². The highest BCUT2D eigenvalue weighted by atomic mass is 32.1. The fraction of sp³-hybridized carbons (Fsp3) is 0.182. The van der Waals surface area contributed by atoms with Crippen molar-refractivity contribution in [1.29, 1.82) is 0 Å². The second-order valence-corrected chi connectivity index (χ2v) is 3.22. The van der Waals surface area contributed by atoms with E-state index in [1.807, 2.05) is 36.4 Å². The third kappa shape index (κ3) is 3.26. The summed E-state index contributed by atoms with van der Waals surface area (Å²) in [5.74, 6) is -0.154. The predicted octanol–water partition coefficient (Wildman–Crippen LogP) is 2.26. The number of hydrogen-bond donors (Lipinski definition) is 2. The van der Waals surface area contributed by atoms with Gasteiger partial charge in [0.05, 0.1) is 6.42 Å². The van der Waals surface area contributed by atoms with Crippen molar-refractivity contribution in [2.75, 3.05) is 5.75 Å². The van der Waals surface area contributed by atoms with Crippen molar-refractivity contribution in [3.05, 3.63) is 41.5 Å². The molecule has 0 radical (unpaired) electrons. The molecule has 14 heavy (non-hydrogen) atoms. The van der Waals surface area contributed by atoms with Crippen LogP contribution in [0, 0.1) is 0 Å². The van der Waals surface area contributed by atoms with E-state index >= 15 is 0 Å². The third-order valence-electron chi connectivity index (χ3n) is 1.80. The van der Waals surface area contributed by atoms with Crippen LogP contribution in [0.3, 0.4) is 0 Å². The molecular formula is C11H12O2S. The van der Waals surface area contributed by atoms with E-state index < -0.39 is 5.97 Å². The Morgan fingerprint density at radius 3 is 2.79 bits per heavy atom. The molecule has 0 saturated heterocycles. The highest BCUT2D eigenvalue weighted by Gasteiger charge is 2.02. The molecule has 0 fully saturated rings. The van der Waals surface area contributed by atoms with E-state index in [1.54, 1.807) is 0 Å². The number of carbonyl (C=O) groups is 1. The molecular weight excluding hydrogens is 196 g/mol. The van der Waals surface area contributed by atoms with Crippen LogP contribution in [-0.2, 0) is 11.2 Å². The van der Waals surface area contributed by atoms with Crippen molar-refractivity contribution >= 4 is 24.7 Å². The number of rotatable bonds is 4. The van der Waals surface area contributed by atoms with Crippen LogP contribution in [0.4, 0.5) is 0 Å². The third-order valence-corrected chi connectivity index (χ3v) is 2.01. The van der Waals surface area contributed by atoms with Gasteiger partial charge in [-0.1, -0.05) is 36.4 Å². The molecule has 0 heterocycles. The molecule has 0 bridgehead atoms. The second kappa shape index (κ2) is 5.50. The van der Waals surface area contributed by atoms with Crippen molar-refractivity contribution in [3.63, 3.8) is 0 Å². The van der Waals surface area contributed by atoms with Gasteiger partial charge in [-0.3, -0.25) is 4.79 Å². The quantitative estimate of drug-likeness (QED) is 0.745. The minimum Gasteiger partial charge on any atom is -0.481 e. The Bertz CT molecular complexity index is 345. The van der Waals surface area contributed by atoms with Crippen LogP contribution in [-0.4, -0.2) is 16.8 Å². The fourth-order valence-corrected chi connectivity index (χ4v) is 1.31. The number of carboxylic acids is 1. The molecule has 1 aromatic carbocycles. The molecule has 0 aliphatic carbocycles. The molecule has 3 heteroatoms. The molecule has 0 spiro atoms. The van der Waals surface area contributed by atoms with Crippen LogP contribution in [0.1, 0.15) is 11.1 Å². The topological polar surface area (TPSA) is 37.3 Å². The summed E-state index contributed by atoms with van der Waals surface area (Å²) in [6.07, 6.45) is 3.85. The number of benzene rings is 1. The van der Waals surface area contributed by atoms with E-state index in [0.29, 0.717) is 5.75 Å². The van der Waals surface area contributed by atoms with Gasteiger partial charge in [-0.15, -0.1) is 0 Å². The van der Waals surface area contributed by atoms with Gasteiger partial charge in [0.15, 0.2) is 0 Å². The Hall–Kier alpha value is -1.22. The molecule has 2 nitrogen and oxygen atoms in total. The van der Waals surface area contributed by atoms with Crippen LogP contribution >= 0.6 is 12.6 Å². The smallest absolute Gasteiger partial charge is 0.307 e. The Morgan fingerprint density at radius 2 is 2.14 bits per heavy atom. The Balaban J connectivity index is 2.90. The molecule has 0 saturated carbocycles. The molecule has 74 valence electrons. The van der Waals surface area contributed by atoms with Gasteiger partial charge < -0.3 is 5.11 Å². The first-order valence-corrected chi connectivity index (χ1v) is 4.94. The molecule has 0 atom stereocenters. The van der Waals surface area contributed by atoms with Gasteiger partial charge in [0.2, 0.25) is 0 Å². The lowest BCUT2D eigenvalue weighted by molar-refractivity contribution is -0.136. The summed E-state index contributed by atoms with van der Waals surface area (Å²) in [5, 5.41) is 8.68. The Morgan fingerprint density at radius 1 is 1.43 bits per heavy atom. The van der Waals surface area contributed by atoms with Gasteiger partial charge in [0.1, 0.15) is 0 Å². The van der Waals surface area contributed by atoms with Crippen LogP contribution in [0.25, 0.3) is 6.08 Å². The Labute approximate surface area is 88.7 Å². The molecule has 0 unspecified atom stereocenters. The number of hydrogen-bond acceptors (Lipinski definition) is 2. The van der Waals surface area contributed by atoms with E-state index in [9.17, 15) is 4.79 Å². The zero-order valence-corrected chi connectivity index (χ0v) is 8.58. The summed E-state index contributed by atoms with van der Waals surface area (Å²) in [6.45, 7) is 0. The summed E-state index contributed by atoms with van der Waals surface area (Å²) in [5.41, 5.74) is 1.78. The van der Waals surface area contributed by atoms with Crippen molar-refractivity contribution in [2.24, 2.45) is 0 Å². The van der Waals surface area contributed by atoms with Gasteiger partial charge in [0.25, 0.3) is 0 Å². The second-order valence-electron chi connectivity index (χ2n) is 2.85. The molecule has 0 aromatic heterocycles. The zero-order chi connectivity index (χ0) is 10.4. The first-order valence-electron chi connectivity index (χ1n) is 4.31. The zero-order valence-electron chi connectivity index (χ0n) is 7.68. The number of thiol groups is 1. The van der Waals surface area contributed by atoms with Crippen molar-refractivity contribution in [1.82, 2.24) is 0 Å². The van der Waals surface area contributed by atoms with E-state index in [0.717, 1.165) is 11.1 Å². The van der Waals surface area contributed by atoms with E-state index in [-0.39, 0.29) is 6.42 Å². The predicted molar refractivity (Wildman–Crippen MR) is 60.7 cm³/mol. The van der Waals surface area contributed by atoms with Crippen LogP contribution in [0.15, 0.2) is 30.3 Å². The highest BCUT2D eigenvalue weighted by Crippen LogP contribution is 2.11. The summed E-state index contributed by atoms with van der Waals surface area (Å²) in [6, 6.07) is 7.46. The molecule has 1 N–H and O–H groups in total. The lowest BCUT2D eigenvalue weighted by atomic mass is 10.0. The van der Waals surface area contributed by atoms with Gasteiger partial charge >= 0.3 is 5.97 Å². The van der Waals surface area contributed by atoms with E-state index in [4.69, 9.17) is 5.11 Å². The van der Waals surface area contributed by atoms with Gasteiger partial charge in [-0.05, 0) is 11.1 Å². The largest absolute Gasteiger partial charge is 0.481 e. The lowest BCUT2D eigenvalue weighted by Gasteiger charge is -2.01. The van der Waals surface area contributed by atoms with Gasteiger partial charge in [-0.2, -0.15) is 12.6 Å². The van der Waals surface area contributed by atoms with Crippen LogP contribution < -0.4 is 0 Å². The van der Waals surface area contributed by atoms with Crippen LogP contribution in [0.5, 0.6) is 0 Å². The highest BCUT2D eigenvalue weighted by molar-refractivity contribution is 7.80. The maximum Gasteiger partial charge on any atom is 0.307 e. The minimum absolute atomic E-state index is 0.0626. The molecule has 0 amide bonds. The first kappa shape index (κ1) is 10.9. The molecule has 0 aliphatic rings. The van der Waals surface area contributed by atoms with E-state index in [2.05, 4.69) is 12.6 Å². The van der Waals surface area contributed by atoms with E-state index in [1.165, 1.54) is 0 Å². The summed E-state index contributed by atoms with van der Waals surface area (Å²) < 4.78 is 0. The molecule has 1 rings (SSSR count). The average molecular weight is 208 g/mol. The van der Waals surface area contributed by atoms with Crippen molar-refractivity contribution in [2.45, 2.75) is 6.42 Å². The van der Waals surface area contributed by atoms with Crippen LogP contribution in [0.2, 0.25) is 0 Å². The maximum atomic E-state index is 10.6. The maximum absolute atomic E-state index is 10.6. The summed E-state index contributed by atoms with van der Waals surface area (Å²) in [4.78, 5) is 10.6. The van der Waals surface area contributed by atoms with Crippen molar-refractivity contribution < 1.29 is 9.90 Å². The summed E-state index contributed by atoms with van der Waals surface area (Å²) >= 11 is 4.05. The molecule has 0 aliphatic heterocycles. The first-order chi connectivity index (χ1) is 6.74. The average Bonchev–Trinajstić information content (AvgIpc) is 2.16. The monoisotopic (exact) mass is 208 g/mol. The minimum atomic E-state index is -0.809. The Kier molecular flexibility index (Phi) is 4.26. The lowest BCUT2D eigenvalue weighted by Crippen LogP contribution is -2.01.